The van der Waals surface area contributed by atoms with E-state index in [9.17, 15) is 28.8 Å². The van der Waals surface area contributed by atoms with Crippen LogP contribution in [0.3, 0.4) is 0 Å². The van der Waals surface area contributed by atoms with Crippen molar-refractivity contribution in [2.75, 3.05) is 79.3 Å². The van der Waals surface area contributed by atoms with E-state index in [1.54, 1.807) is 0 Å². The summed E-state index contributed by atoms with van der Waals surface area (Å²) in [6.07, 6.45) is 25.7. The third kappa shape index (κ3) is 29.4. The molecule has 4 aromatic rings. The van der Waals surface area contributed by atoms with E-state index in [-0.39, 0.29) is 0 Å². The van der Waals surface area contributed by atoms with E-state index in [2.05, 4.69) is 39.5 Å². The molecule has 0 N–H and O–H groups in total. The van der Waals surface area contributed by atoms with E-state index in [0.29, 0.717) is 152 Å². The first-order valence-corrected chi connectivity index (χ1v) is 32.0. The Morgan fingerprint density at radius 3 is 0.456 bits per heavy atom. The fourth-order valence-corrected chi connectivity index (χ4v) is 9.52. The normalized spacial score (nSPS) is 10.8. The van der Waals surface area contributed by atoms with Crippen LogP contribution in [0.4, 0.5) is 0 Å². The van der Waals surface area contributed by atoms with Gasteiger partial charge in [-0.15, -0.1) is 0 Å². The lowest BCUT2D eigenvalue weighted by atomic mass is 9.93. The highest BCUT2D eigenvalue weighted by molar-refractivity contribution is 6.27. The molecule has 0 amide bonds. The van der Waals surface area contributed by atoms with Crippen molar-refractivity contribution in [2.45, 2.75) is 154 Å². The minimum atomic E-state index is -0.442. The Hall–Kier alpha value is -8.28. The van der Waals surface area contributed by atoms with Gasteiger partial charge in [0.05, 0.1) is 79.3 Å². The van der Waals surface area contributed by atoms with Crippen LogP contribution in [0.5, 0.6) is 34.5 Å². The van der Waals surface area contributed by atoms with Gasteiger partial charge in [0, 0.05) is 36.5 Å². The van der Waals surface area contributed by atoms with Crippen LogP contribution < -0.4 is 28.4 Å². The van der Waals surface area contributed by atoms with E-state index in [1.807, 2.05) is 36.4 Å². The average molecular weight is 1250 g/mol. The number of carbonyl (C=O) groups is 6. The molecule has 18 nitrogen and oxygen atoms in total. The number of carbonyl (C=O) groups excluding carboxylic acids is 6. The van der Waals surface area contributed by atoms with Gasteiger partial charge < -0.3 is 56.8 Å². The molecule has 0 heterocycles. The van der Waals surface area contributed by atoms with Crippen LogP contribution in [-0.2, 0) is 57.2 Å². The number of ether oxygens (including phenoxy) is 12. The predicted octanol–water partition coefficient (Wildman–Crippen LogP) is 15.2. The van der Waals surface area contributed by atoms with Gasteiger partial charge in [0.25, 0.3) is 0 Å². The molecule has 0 aromatic heterocycles. The second-order valence-corrected chi connectivity index (χ2v) is 21.3. The van der Waals surface area contributed by atoms with Crippen molar-refractivity contribution in [3.05, 3.63) is 112 Å². The largest absolute Gasteiger partial charge is 0.490 e. The lowest BCUT2D eigenvalue weighted by Crippen LogP contribution is -2.06. The van der Waals surface area contributed by atoms with Crippen LogP contribution in [0, 0.1) is 0 Å². The number of hydrogen-bond acceptors (Lipinski definition) is 18. The van der Waals surface area contributed by atoms with E-state index >= 15 is 0 Å². The highest BCUT2D eigenvalue weighted by Gasteiger charge is 2.21. The van der Waals surface area contributed by atoms with Gasteiger partial charge in [-0.2, -0.15) is 0 Å². The van der Waals surface area contributed by atoms with Crippen molar-refractivity contribution in [1.82, 2.24) is 0 Å². The smallest absolute Gasteiger partial charge is 0.330 e. The molecule has 492 valence electrons. The summed E-state index contributed by atoms with van der Waals surface area (Å²) in [4.78, 5) is 69.7. The van der Waals surface area contributed by atoms with Crippen LogP contribution >= 0.6 is 0 Å². The Morgan fingerprint density at radius 1 is 0.211 bits per heavy atom. The monoisotopic (exact) mass is 1250 g/mol. The Labute approximate surface area is 531 Å². The van der Waals surface area contributed by atoms with E-state index < -0.39 is 35.8 Å². The average Bonchev–Trinajstić information content (AvgIpc) is 0.739. The van der Waals surface area contributed by atoms with Gasteiger partial charge in [-0.3, -0.25) is 0 Å². The molecule has 0 fully saturated rings. The summed E-state index contributed by atoms with van der Waals surface area (Å²) < 4.78 is 71.3. The molecular weight excluding hydrogens is 1150 g/mol. The molecule has 0 saturated heterocycles. The summed E-state index contributed by atoms with van der Waals surface area (Å²) in [6.45, 7) is 25.1. The summed E-state index contributed by atoms with van der Waals surface area (Å²) in [5.74, 6) is 0.733. The maximum atomic E-state index is 11.6. The molecule has 0 saturated carbocycles. The predicted molar refractivity (Wildman–Crippen MR) is 350 cm³/mol. The first-order chi connectivity index (χ1) is 44.0. The van der Waals surface area contributed by atoms with Gasteiger partial charge in [0.1, 0.15) is 0 Å². The van der Waals surface area contributed by atoms with Crippen molar-refractivity contribution >= 4 is 68.1 Å². The third-order valence-electron chi connectivity index (χ3n) is 14.4. The number of fused-ring (bicyclic) bond motifs is 6. The first kappa shape index (κ1) is 74.2. The van der Waals surface area contributed by atoms with Gasteiger partial charge in [-0.25, -0.2) is 28.8 Å². The second-order valence-electron chi connectivity index (χ2n) is 21.3. The first-order valence-electron chi connectivity index (χ1n) is 32.0. The second kappa shape index (κ2) is 45.9. The van der Waals surface area contributed by atoms with Crippen LogP contribution in [-0.4, -0.2) is 115 Å². The molecule has 0 radical (unpaired) electrons. The molecule has 4 rings (SSSR count). The van der Waals surface area contributed by atoms with Crippen molar-refractivity contribution in [3.8, 4) is 34.5 Å². The summed E-state index contributed by atoms with van der Waals surface area (Å²) >= 11 is 0. The molecule has 18 heteroatoms. The van der Waals surface area contributed by atoms with E-state index in [1.165, 1.54) is 0 Å². The number of unbranched alkanes of at least 4 members (excludes halogenated alkanes) is 18. The Balaban J connectivity index is 1.85. The molecule has 0 aliphatic heterocycles. The summed E-state index contributed by atoms with van der Waals surface area (Å²) in [7, 11) is 0. The number of rotatable bonds is 54. The molecule has 0 spiro atoms. The molecule has 0 aliphatic carbocycles. The highest BCUT2D eigenvalue weighted by atomic mass is 16.6. The van der Waals surface area contributed by atoms with Gasteiger partial charge in [0.15, 0.2) is 34.5 Å². The van der Waals surface area contributed by atoms with Gasteiger partial charge in [-0.1, -0.05) is 39.5 Å². The lowest BCUT2D eigenvalue weighted by Gasteiger charge is -2.21. The maximum absolute atomic E-state index is 11.6. The molecule has 0 atom stereocenters. The molecule has 0 aliphatic rings. The number of benzene rings is 4. The standard InChI is InChI=1S/C72H96O18/c1-7-67(73)85-43-31-19-13-25-37-79-61-49-55-56(50-62(61)80-38-26-14-20-32-44-86-68(74)8-2)58-52-64(82-40-28-16-22-34-46-88-70(76)10-4)66(84-42-30-18-24-36-48-90-72(78)12-6)54-60(58)59-53-65(83-41-29-17-23-35-47-89-71(77)11-5)63(51-57(55)59)81-39-27-15-21-33-45-87-69(75)9-3/h7-12,49-54H,1-6,13-48H2. The van der Waals surface area contributed by atoms with Gasteiger partial charge in [-0.05, 0) is 223 Å². The number of hydrogen-bond donors (Lipinski definition) is 0. The molecule has 0 unspecified atom stereocenters. The minimum Gasteiger partial charge on any atom is -0.490 e. The quantitative estimate of drug-likeness (QED) is 0.0132. The van der Waals surface area contributed by atoms with Crippen molar-refractivity contribution in [2.24, 2.45) is 0 Å². The van der Waals surface area contributed by atoms with Crippen LogP contribution in [0.1, 0.15) is 154 Å². The molecule has 4 aromatic carbocycles. The zero-order valence-electron chi connectivity index (χ0n) is 53.0. The highest BCUT2D eigenvalue weighted by Crippen LogP contribution is 2.47. The summed E-state index contributed by atoms with van der Waals surface area (Å²) in [5.41, 5.74) is 0. The molecule has 90 heavy (non-hydrogen) atoms. The summed E-state index contributed by atoms with van der Waals surface area (Å²) in [5, 5.41) is 5.23. The van der Waals surface area contributed by atoms with Crippen molar-refractivity contribution in [1.29, 1.82) is 0 Å². The Kier molecular flexibility index (Phi) is 37.8. The zero-order valence-corrected chi connectivity index (χ0v) is 53.0. The van der Waals surface area contributed by atoms with Crippen LogP contribution in [0.25, 0.3) is 32.3 Å². The Morgan fingerprint density at radius 2 is 0.333 bits per heavy atom. The molecular formula is C72H96O18. The summed E-state index contributed by atoms with van der Waals surface area (Å²) in [6, 6.07) is 12.3. The number of esters is 6. The van der Waals surface area contributed by atoms with Gasteiger partial charge in [0.2, 0.25) is 0 Å². The van der Waals surface area contributed by atoms with E-state index in [4.69, 9.17) is 56.8 Å². The fraction of sp³-hybridized carbons (Fsp3) is 0.500. The topological polar surface area (TPSA) is 213 Å². The lowest BCUT2D eigenvalue weighted by molar-refractivity contribution is -0.138. The van der Waals surface area contributed by atoms with Crippen molar-refractivity contribution in [3.63, 3.8) is 0 Å². The maximum Gasteiger partial charge on any atom is 0.330 e. The van der Waals surface area contributed by atoms with Crippen LogP contribution in [0.2, 0.25) is 0 Å². The SMILES string of the molecule is C=CC(=O)OCCCCCCOc1cc2c3cc(OCCCCCCOC(=O)C=C)c(OCCCCCCOC(=O)C=C)cc3c3cc(OCCCCCCOC(=O)C=C)c(OCCCCCCOC(=O)C=C)cc3c2cc1OCCCCCCOC(=O)C=C. The minimum absolute atomic E-state index is 0.314. The van der Waals surface area contributed by atoms with Crippen molar-refractivity contribution < 1.29 is 85.6 Å². The third-order valence-corrected chi connectivity index (χ3v) is 14.4. The molecule has 0 bridgehead atoms. The van der Waals surface area contributed by atoms with Crippen LogP contribution in [0.15, 0.2) is 112 Å². The fourth-order valence-electron chi connectivity index (χ4n) is 9.52. The zero-order chi connectivity index (χ0) is 64.8. The van der Waals surface area contributed by atoms with Gasteiger partial charge >= 0.3 is 35.8 Å². The Bertz CT molecular complexity index is 2390. The van der Waals surface area contributed by atoms with E-state index in [0.717, 1.165) is 184 Å².